The van der Waals surface area contributed by atoms with E-state index in [4.69, 9.17) is 50.0 Å². The first-order valence-electron chi connectivity index (χ1n) is 26.0. The highest BCUT2D eigenvalue weighted by Gasteiger charge is 2.43. The summed E-state index contributed by atoms with van der Waals surface area (Å²) >= 11 is 21.2. The van der Waals surface area contributed by atoms with Crippen molar-refractivity contribution >= 4 is 64.1 Å². The Morgan fingerprint density at radius 1 is 0.838 bits per heavy atom. The number of anilines is 1. The molecule has 2 aromatic rings. The van der Waals surface area contributed by atoms with Crippen molar-refractivity contribution in [2.75, 3.05) is 32.2 Å². The maximum atomic E-state index is 13.9. The molecule has 8 atom stereocenters. The Hall–Kier alpha value is -5.44. The van der Waals surface area contributed by atoms with Gasteiger partial charge in [-0.1, -0.05) is 145 Å². The van der Waals surface area contributed by atoms with Crippen LogP contribution in [-0.2, 0) is 24.5 Å². The maximum absolute atomic E-state index is 13.9. The average molecular weight is 1080 g/mol. The second kappa shape index (κ2) is 24.9. The third-order valence-corrected chi connectivity index (χ3v) is 15.9. The van der Waals surface area contributed by atoms with Crippen molar-refractivity contribution in [3.05, 3.63) is 129 Å². The fourth-order valence-electron chi connectivity index (χ4n) is 10.6. The lowest BCUT2D eigenvalue weighted by atomic mass is 9.87. The van der Waals surface area contributed by atoms with Gasteiger partial charge in [-0.2, -0.15) is 0 Å². The van der Waals surface area contributed by atoms with E-state index in [1.807, 2.05) is 44.4 Å². The minimum Gasteiger partial charge on any atom is -0.483 e. The summed E-state index contributed by atoms with van der Waals surface area (Å²) < 4.78 is 10.1. The van der Waals surface area contributed by atoms with Gasteiger partial charge in [-0.05, 0) is 98.1 Å². The normalized spacial score (nSPS) is 22.9. The number of nitrogens with zero attached hydrogens (tertiary/aromatic N) is 3. The van der Waals surface area contributed by atoms with Gasteiger partial charge >= 0.3 is 6.09 Å². The number of methoxy groups -OCH3 is 2. The van der Waals surface area contributed by atoms with Crippen LogP contribution in [0.5, 0.6) is 0 Å². The first-order valence-corrected chi connectivity index (χ1v) is 27.2. The first kappa shape index (κ1) is 57.8. The van der Waals surface area contributed by atoms with E-state index in [2.05, 4.69) is 133 Å². The number of likely N-dealkylation sites (tertiary alicyclic amines) is 2. The average Bonchev–Trinajstić information content (AvgIpc) is 4.21. The number of benzene rings is 2. The van der Waals surface area contributed by atoms with Gasteiger partial charge in [-0.15, -0.1) is 0 Å². The molecule has 3 saturated heterocycles. The summed E-state index contributed by atoms with van der Waals surface area (Å²) in [4.78, 5) is 46.0. The highest BCUT2D eigenvalue weighted by Crippen LogP contribution is 2.46. The van der Waals surface area contributed by atoms with Crippen LogP contribution >= 0.6 is 34.8 Å². The van der Waals surface area contributed by atoms with Crippen LogP contribution in [0.4, 0.5) is 10.5 Å². The van der Waals surface area contributed by atoms with Gasteiger partial charge in [0.15, 0.2) is 5.88 Å². The van der Waals surface area contributed by atoms with E-state index >= 15 is 0 Å². The molecule has 7 N–H and O–H groups in total. The number of hydrogen-bond acceptors (Lipinski definition) is 11. The molecule has 14 nitrogen and oxygen atoms in total. The number of nitrogens with two attached hydrogens (primary N) is 1. The lowest BCUT2D eigenvalue weighted by molar-refractivity contribution is -0.136. The van der Waals surface area contributed by atoms with Gasteiger partial charge in [0.25, 0.3) is 0 Å². The Morgan fingerprint density at radius 2 is 1.47 bits per heavy atom. The van der Waals surface area contributed by atoms with Crippen LogP contribution in [0.1, 0.15) is 124 Å². The molecule has 4 heterocycles. The summed E-state index contributed by atoms with van der Waals surface area (Å²) in [6, 6.07) is 13.2. The Morgan fingerprint density at radius 3 is 2.08 bits per heavy atom. The van der Waals surface area contributed by atoms with Crippen LogP contribution in [0.2, 0.25) is 5.02 Å². The van der Waals surface area contributed by atoms with Gasteiger partial charge in [0, 0.05) is 30.3 Å². The molecule has 2 unspecified atom stereocenters. The zero-order valence-electron chi connectivity index (χ0n) is 45.2. The zero-order valence-corrected chi connectivity index (χ0v) is 47.5. The van der Waals surface area contributed by atoms with Gasteiger partial charge < -0.3 is 56.5 Å². The van der Waals surface area contributed by atoms with E-state index in [1.54, 1.807) is 0 Å². The molecule has 2 aromatic carbocycles. The van der Waals surface area contributed by atoms with E-state index in [1.165, 1.54) is 14.2 Å². The van der Waals surface area contributed by atoms with Crippen molar-refractivity contribution in [2.45, 2.75) is 149 Å². The molecule has 3 amide bonds. The van der Waals surface area contributed by atoms with Crippen molar-refractivity contribution in [1.29, 1.82) is 0 Å². The summed E-state index contributed by atoms with van der Waals surface area (Å²) in [5.74, 6) is -0.248. The number of ether oxygens (including phenoxy) is 2. The molecule has 0 radical (unpaired) electrons. The molecule has 0 saturated carbocycles. The largest absolute Gasteiger partial charge is 0.483 e. The zero-order chi connectivity index (χ0) is 54.3. The van der Waals surface area contributed by atoms with Crippen molar-refractivity contribution in [3.63, 3.8) is 0 Å². The lowest BCUT2D eigenvalue weighted by Gasteiger charge is -2.35. The summed E-state index contributed by atoms with van der Waals surface area (Å²) in [7, 11) is 2.81. The van der Waals surface area contributed by atoms with E-state index in [0.29, 0.717) is 40.5 Å². The van der Waals surface area contributed by atoms with E-state index in [9.17, 15) is 14.4 Å². The standard InChI is InChI=1S/C57H80Cl3N9O5/c1-14-37(20-19-34(6)47(61)51(59)62-35(7)42-17-15-29-67(42)54(70)48(32(2)3)63-36(8)73-12)43-27-28-44(69(43)45-26-25-40(31-41(45)58)57(9,10)11)38-21-23-39(24-22-38)50-52(60)66-53(64-50)46-18-16-30-68(46)55(71)49(33(4)5)65-56(72)74-13/h14,19-26,31-34,42-44,46,48-49,53,62-64,66H,7-8,15-18,27-30,61H2,1-6,9-13H3,(H,65,72)/b20-19-,37-14+,51-47-/t34?,42-,43+,44+,46-,48-,49-,53?/m0/s1. The van der Waals surface area contributed by atoms with Crippen molar-refractivity contribution in [3.8, 4) is 0 Å². The number of carbonyl (C=O) groups is 3. The molecule has 404 valence electrons. The van der Waals surface area contributed by atoms with Gasteiger partial charge in [-0.25, -0.2) is 4.79 Å². The summed E-state index contributed by atoms with van der Waals surface area (Å²) in [6.07, 6.45) is 10.3. The number of halogens is 3. The van der Waals surface area contributed by atoms with Gasteiger partial charge in [0.2, 0.25) is 11.8 Å². The molecule has 3 fully saturated rings. The molecular formula is C57H80Cl3N9O5. The SMILES string of the molecule is C=C(N[C@H](C(=O)N1CCC[C@H]1C(=C)N/C(Cl)=C(\N)C(C)/C=C\C(=C/C)[C@H]1CC[C@H](c2ccc(C3=C(Cl)NC([C@@H]4CCCN4C(=O)[C@@H](NC(=O)OC)C(C)C)N3)cc2)N1c1ccc(C(C)(C)C)cc1Cl)C(C)C)OC. The van der Waals surface area contributed by atoms with Gasteiger partial charge in [0.05, 0.1) is 60.5 Å². The summed E-state index contributed by atoms with van der Waals surface area (Å²) in [5.41, 5.74) is 13.8. The lowest BCUT2D eigenvalue weighted by Crippen LogP contribution is -2.57. The quantitative estimate of drug-likeness (QED) is 0.0451. The molecule has 0 aliphatic carbocycles. The van der Waals surface area contributed by atoms with Crippen LogP contribution in [0.25, 0.3) is 5.70 Å². The van der Waals surface area contributed by atoms with Crippen molar-refractivity contribution < 1.29 is 23.9 Å². The Kier molecular flexibility index (Phi) is 19.5. The molecular weight excluding hydrogens is 997 g/mol. The van der Waals surface area contributed by atoms with Gasteiger partial charge in [0.1, 0.15) is 28.6 Å². The third-order valence-electron chi connectivity index (χ3n) is 15.0. The number of allylic oxidation sites excluding steroid dienone is 2. The summed E-state index contributed by atoms with van der Waals surface area (Å²) in [6.45, 7) is 27.8. The third kappa shape index (κ3) is 13.1. The van der Waals surface area contributed by atoms with E-state index in [0.717, 1.165) is 72.2 Å². The predicted molar refractivity (Wildman–Crippen MR) is 301 cm³/mol. The molecule has 0 aromatic heterocycles. The predicted octanol–water partition coefficient (Wildman–Crippen LogP) is 10.4. The number of amides is 3. The van der Waals surface area contributed by atoms with Crippen LogP contribution in [0.15, 0.2) is 107 Å². The highest BCUT2D eigenvalue weighted by molar-refractivity contribution is 6.33. The number of nitrogens with one attached hydrogen (secondary N) is 5. The van der Waals surface area contributed by atoms with E-state index < -0.39 is 18.2 Å². The molecule has 6 rings (SSSR count). The fourth-order valence-corrected chi connectivity index (χ4v) is 11.4. The van der Waals surface area contributed by atoms with E-state index in [-0.39, 0.29) is 70.5 Å². The molecule has 17 heteroatoms. The van der Waals surface area contributed by atoms with Crippen molar-refractivity contribution in [1.82, 2.24) is 36.4 Å². The topological polar surface area (TPSA) is 166 Å². The smallest absolute Gasteiger partial charge is 0.407 e. The monoisotopic (exact) mass is 1080 g/mol. The second-order valence-electron chi connectivity index (χ2n) is 21.6. The fraction of sp³-hybridized carbons (Fsp3) is 0.526. The molecule has 4 aliphatic rings. The molecule has 74 heavy (non-hydrogen) atoms. The number of rotatable bonds is 19. The number of hydrogen-bond donors (Lipinski definition) is 6. The minimum absolute atomic E-state index is 0.00359. The van der Waals surface area contributed by atoms with Crippen LogP contribution in [0, 0.1) is 17.8 Å². The first-order chi connectivity index (χ1) is 35.0. The van der Waals surface area contributed by atoms with Crippen molar-refractivity contribution in [2.24, 2.45) is 23.5 Å². The number of alkyl carbamates (subject to hydrolysis) is 1. The second-order valence-corrected chi connectivity index (χ2v) is 22.8. The summed E-state index contributed by atoms with van der Waals surface area (Å²) in [5, 5.41) is 17.5. The van der Waals surface area contributed by atoms with Crippen LogP contribution in [-0.4, -0.2) is 91.4 Å². The molecule has 0 spiro atoms. The van der Waals surface area contributed by atoms with Crippen LogP contribution in [0.3, 0.4) is 0 Å². The minimum atomic E-state index is -0.719. The molecule has 0 bridgehead atoms. The number of carbonyl (C=O) groups excluding carboxylic acids is 3. The van der Waals surface area contributed by atoms with Crippen LogP contribution < -0.4 is 37.2 Å². The molecule has 4 aliphatic heterocycles. The maximum Gasteiger partial charge on any atom is 0.407 e. The Labute approximate surface area is 455 Å². The Bertz CT molecular complexity index is 2520. The Balaban J connectivity index is 1.20. The highest BCUT2D eigenvalue weighted by atomic mass is 35.5. The van der Waals surface area contributed by atoms with Gasteiger partial charge in [-0.3, -0.25) is 9.59 Å².